The zero-order chi connectivity index (χ0) is 16.3. The molecule has 1 aliphatic heterocycles. The monoisotopic (exact) mass is 322 g/mol. The zero-order valence-corrected chi connectivity index (χ0v) is 14.9. The Hall–Kier alpha value is -1.40. The second kappa shape index (κ2) is 7.24. The lowest BCUT2D eigenvalue weighted by atomic mass is 10.1. The topological polar surface area (TPSA) is 39.7 Å². The zero-order valence-electron chi connectivity index (χ0n) is 14.1. The minimum absolute atomic E-state index is 0.0550. The SMILES string of the molecule is C=C(C)CN1CN(C)C(=O)N(c2snc(CCC)c2CC)C1. The molecule has 1 saturated heterocycles. The first-order chi connectivity index (χ1) is 10.5. The van der Waals surface area contributed by atoms with E-state index in [-0.39, 0.29) is 6.03 Å². The predicted molar refractivity (Wildman–Crippen MR) is 92.4 cm³/mol. The van der Waals surface area contributed by atoms with Gasteiger partial charge >= 0.3 is 6.03 Å². The molecule has 0 aliphatic carbocycles. The molecule has 2 amide bonds. The molecule has 0 spiro atoms. The van der Waals surface area contributed by atoms with Gasteiger partial charge in [0.2, 0.25) is 0 Å². The van der Waals surface area contributed by atoms with Crippen LogP contribution >= 0.6 is 11.5 Å². The lowest BCUT2D eigenvalue weighted by Crippen LogP contribution is -2.57. The summed E-state index contributed by atoms with van der Waals surface area (Å²) in [4.78, 5) is 18.4. The molecule has 1 aromatic heterocycles. The van der Waals surface area contributed by atoms with Crippen LogP contribution in [-0.4, -0.2) is 47.1 Å². The fraction of sp³-hybridized carbons (Fsp3) is 0.625. The van der Waals surface area contributed by atoms with Crippen molar-refractivity contribution in [2.24, 2.45) is 0 Å². The summed E-state index contributed by atoms with van der Waals surface area (Å²) in [6.45, 7) is 12.3. The summed E-state index contributed by atoms with van der Waals surface area (Å²) in [6.07, 6.45) is 2.97. The van der Waals surface area contributed by atoms with E-state index in [1.807, 2.05) is 18.9 Å². The normalized spacial score (nSPS) is 16.5. The Balaban J connectivity index is 2.28. The van der Waals surface area contributed by atoms with Crippen molar-refractivity contribution in [1.82, 2.24) is 14.2 Å². The number of rotatable bonds is 6. The molecule has 5 nitrogen and oxygen atoms in total. The quantitative estimate of drug-likeness (QED) is 0.754. The standard InChI is InChI=1S/C16H26N4OS/c1-6-8-14-13(7-2)15(22-17-14)20-11-19(9-12(3)4)10-18(5)16(20)21/h3,6-11H2,1-2,4-5H3. The van der Waals surface area contributed by atoms with Crippen LogP contribution in [0.1, 0.15) is 38.4 Å². The lowest BCUT2D eigenvalue weighted by Gasteiger charge is -2.40. The van der Waals surface area contributed by atoms with Crippen molar-refractivity contribution in [1.29, 1.82) is 0 Å². The lowest BCUT2D eigenvalue weighted by molar-refractivity contribution is 0.137. The first-order valence-corrected chi connectivity index (χ1v) is 8.62. The molecule has 0 atom stereocenters. The van der Waals surface area contributed by atoms with Crippen LogP contribution in [0.25, 0.3) is 0 Å². The molecule has 122 valence electrons. The third kappa shape index (κ3) is 3.50. The van der Waals surface area contributed by atoms with Crippen LogP contribution < -0.4 is 4.90 Å². The minimum Gasteiger partial charge on any atom is -0.314 e. The van der Waals surface area contributed by atoms with E-state index in [2.05, 4.69) is 29.7 Å². The number of nitrogens with zero attached hydrogens (tertiary/aromatic N) is 4. The van der Waals surface area contributed by atoms with Gasteiger partial charge in [-0.1, -0.05) is 32.4 Å². The van der Waals surface area contributed by atoms with E-state index in [9.17, 15) is 4.79 Å². The summed E-state index contributed by atoms with van der Waals surface area (Å²) in [7, 11) is 1.85. The van der Waals surface area contributed by atoms with E-state index in [1.165, 1.54) is 17.1 Å². The van der Waals surface area contributed by atoms with Crippen molar-refractivity contribution in [2.45, 2.75) is 40.0 Å². The first-order valence-electron chi connectivity index (χ1n) is 7.84. The third-order valence-corrected chi connectivity index (χ3v) is 4.69. The van der Waals surface area contributed by atoms with Crippen molar-refractivity contribution in [3.8, 4) is 0 Å². The fourth-order valence-electron chi connectivity index (χ4n) is 2.84. The van der Waals surface area contributed by atoms with Gasteiger partial charge in [-0.25, -0.2) is 4.79 Å². The summed E-state index contributed by atoms with van der Waals surface area (Å²) in [5.41, 5.74) is 3.48. The van der Waals surface area contributed by atoms with Gasteiger partial charge in [0.05, 0.1) is 19.0 Å². The van der Waals surface area contributed by atoms with Crippen LogP contribution in [0.4, 0.5) is 9.80 Å². The summed E-state index contributed by atoms with van der Waals surface area (Å²) < 4.78 is 4.59. The smallest absolute Gasteiger partial charge is 0.314 e. The minimum atomic E-state index is 0.0550. The summed E-state index contributed by atoms with van der Waals surface area (Å²) in [6, 6.07) is 0.0550. The molecule has 2 rings (SSSR count). The highest BCUT2D eigenvalue weighted by Gasteiger charge is 2.31. The maximum atomic E-state index is 12.6. The van der Waals surface area contributed by atoms with Crippen molar-refractivity contribution in [3.05, 3.63) is 23.4 Å². The first kappa shape index (κ1) is 17.0. The second-order valence-corrected chi connectivity index (χ2v) is 6.75. The van der Waals surface area contributed by atoms with Gasteiger partial charge in [-0.05, 0) is 31.3 Å². The molecule has 1 aromatic rings. The van der Waals surface area contributed by atoms with Crippen LogP contribution in [0.5, 0.6) is 0 Å². The second-order valence-electron chi connectivity index (χ2n) is 5.99. The molecule has 0 N–H and O–H groups in total. The molecule has 0 saturated carbocycles. The van der Waals surface area contributed by atoms with Crippen LogP contribution in [-0.2, 0) is 12.8 Å². The van der Waals surface area contributed by atoms with E-state index in [4.69, 9.17) is 0 Å². The summed E-state index contributed by atoms with van der Waals surface area (Å²) in [5, 5.41) is 1.01. The molecule has 1 aliphatic rings. The number of carbonyl (C=O) groups excluding carboxylic acids is 1. The highest BCUT2D eigenvalue weighted by Crippen LogP contribution is 2.32. The van der Waals surface area contributed by atoms with E-state index in [1.54, 1.807) is 4.90 Å². The molecule has 0 aromatic carbocycles. The highest BCUT2D eigenvalue weighted by atomic mass is 32.1. The number of aryl methyl sites for hydroxylation is 1. The molecule has 0 bridgehead atoms. The van der Waals surface area contributed by atoms with Gasteiger partial charge in [0.25, 0.3) is 0 Å². The van der Waals surface area contributed by atoms with E-state index in [0.717, 1.165) is 42.1 Å². The van der Waals surface area contributed by atoms with Crippen LogP contribution in [0.3, 0.4) is 0 Å². The average molecular weight is 322 g/mol. The van der Waals surface area contributed by atoms with Gasteiger partial charge in [0, 0.05) is 19.2 Å². The van der Waals surface area contributed by atoms with Gasteiger partial charge in [0.1, 0.15) is 5.00 Å². The Morgan fingerprint density at radius 2 is 2.09 bits per heavy atom. The van der Waals surface area contributed by atoms with Crippen LogP contribution in [0.15, 0.2) is 12.2 Å². The Morgan fingerprint density at radius 1 is 1.36 bits per heavy atom. The predicted octanol–water partition coefficient (Wildman–Crippen LogP) is 3.32. The van der Waals surface area contributed by atoms with Gasteiger partial charge < -0.3 is 4.90 Å². The van der Waals surface area contributed by atoms with Crippen LogP contribution in [0.2, 0.25) is 0 Å². The van der Waals surface area contributed by atoms with Crippen molar-refractivity contribution >= 4 is 22.6 Å². The molecular weight excluding hydrogens is 296 g/mol. The van der Waals surface area contributed by atoms with Crippen molar-refractivity contribution in [2.75, 3.05) is 31.8 Å². The Bertz CT molecular complexity index is 554. The number of hydrogen-bond acceptors (Lipinski definition) is 4. The maximum absolute atomic E-state index is 12.6. The molecule has 22 heavy (non-hydrogen) atoms. The summed E-state index contributed by atoms with van der Waals surface area (Å²) in [5.74, 6) is 0. The highest BCUT2D eigenvalue weighted by molar-refractivity contribution is 7.10. The number of anilines is 1. The summed E-state index contributed by atoms with van der Waals surface area (Å²) >= 11 is 1.45. The van der Waals surface area contributed by atoms with Gasteiger partial charge in [-0.3, -0.25) is 9.80 Å². The maximum Gasteiger partial charge on any atom is 0.327 e. The molecular formula is C16H26N4OS. The van der Waals surface area contributed by atoms with Gasteiger partial charge in [0.15, 0.2) is 0 Å². The van der Waals surface area contributed by atoms with Crippen molar-refractivity contribution in [3.63, 3.8) is 0 Å². The number of aromatic nitrogens is 1. The molecule has 0 radical (unpaired) electrons. The Morgan fingerprint density at radius 3 is 2.68 bits per heavy atom. The number of amides is 2. The van der Waals surface area contributed by atoms with E-state index >= 15 is 0 Å². The molecule has 2 heterocycles. The van der Waals surface area contributed by atoms with E-state index in [0.29, 0.717) is 13.3 Å². The molecule has 6 heteroatoms. The molecule has 0 unspecified atom stereocenters. The largest absolute Gasteiger partial charge is 0.327 e. The third-order valence-electron chi connectivity index (χ3n) is 3.74. The Kier molecular flexibility index (Phi) is 5.58. The Labute approximate surface area is 137 Å². The number of carbonyl (C=O) groups is 1. The van der Waals surface area contributed by atoms with Crippen LogP contribution in [0, 0.1) is 0 Å². The molecule has 1 fully saturated rings. The number of hydrogen-bond donors (Lipinski definition) is 0. The van der Waals surface area contributed by atoms with Gasteiger partial charge in [-0.2, -0.15) is 4.37 Å². The fourth-order valence-corrected chi connectivity index (χ4v) is 3.84. The van der Waals surface area contributed by atoms with Crippen molar-refractivity contribution < 1.29 is 4.79 Å². The number of urea groups is 1. The van der Waals surface area contributed by atoms with E-state index < -0.39 is 0 Å². The van der Waals surface area contributed by atoms with Gasteiger partial charge in [-0.15, -0.1) is 0 Å². The average Bonchev–Trinajstić information content (AvgIpc) is 2.85.